The summed E-state index contributed by atoms with van der Waals surface area (Å²) >= 11 is 0. The smallest absolute Gasteiger partial charge is 0.319 e. The minimum Gasteiger partial charge on any atom is -0.497 e. The van der Waals surface area contributed by atoms with Crippen LogP contribution in [0.4, 0.5) is 10.5 Å². The zero-order valence-corrected chi connectivity index (χ0v) is 12.5. The van der Waals surface area contributed by atoms with Crippen molar-refractivity contribution < 1.29 is 24.2 Å². The van der Waals surface area contributed by atoms with E-state index in [2.05, 4.69) is 10.6 Å². The van der Waals surface area contributed by atoms with E-state index in [4.69, 9.17) is 14.6 Å². The summed E-state index contributed by atoms with van der Waals surface area (Å²) in [6.07, 6.45) is -0.180. The molecule has 1 aromatic rings. The summed E-state index contributed by atoms with van der Waals surface area (Å²) in [5, 5.41) is 14.0. The Balaban J connectivity index is 2.77. The van der Waals surface area contributed by atoms with E-state index in [1.165, 1.54) is 14.2 Å². The third-order valence-corrected chi connectivity index (χ3v) is 2.70. The van der Waals surface area contributed by atoms with Gasteiger partial charge in [-0.15, -0.1) is 0 Å². The molecule has 0 saturated carbocycles. The summed E-state index contributed by atoms with van der Waals surface area (Å²) in [5.74, 6) is 0.0619. The highest BCUT2D eigenvalue weighted by Gasteiger charge is 2.24. The summed E-state index contributed by atoms with van der Waals surface area (Å²) < 4.78 is 10.2. The van der Waals surface area contributed by atoms with Gasteiger partial charge < -0.3 is 25.2 Å². The maximum Gasteiger partial charge on any atom is 0.319 e. The highest BCUT2D eigenvalue weighted by molar-refractivity contribution is 5.91. The van der Waals surface area contributed by atoms with Crippen molar-refractivity contribution in [3.05, 3.63) is 18.2 Å². The molecule has 0 fully saturated rings. The van der Waals surface area contributed by atoms with E-state index in [-0.39, 0.29) is 6.42 Å². The fourth-order valence-electron chi connectivity index (χ4n) is 1.78. The summed E-state index contributed by atoms with van der Waals surface area (Å²) in [6, 6.07) is 4.45. The largest absolute Gasteiger partial charge is 0.497 e. The third-order valence-electron chi connectivity index (χ3n) is 2.70. The highest BCUT2D eigenvalue weighted by Crippen LogP contribution is 2.29. The number of hydrogen-bond donors (Lipinski definition) is 3. The topological polar surface area (TPSA) is 96.9 Å². The van der Waals surface area contributed by atoms with E-state index < -0.39 is 17.5 Å². The number of aliphatic carboxylic acids is 1. The van der Waals surface area contributed by atoms with Crippen molar-refractivity contribution in [1.29, 1.82) is 0 Å². The number of methoxy groups -OCH3 is 2. The van der Waals surface area contributed by atoms with Crippen molar-refractivity contribution in [2.75, 3.05) is 19.5 Å². The Hall–Kier alpha value is -2.44. The molecule has 2 amide bonds. The summed E-state index contributed by atoms with van der Waals surface area (Å²) in [7, 11) is 3.01. The number of carboxylic acids is 1. The van der Waals surface area contributed by atoms with Crippen LogP contribution in [-0.2, 0) is 4.79 Å². The molecule has 0 atom stereocenters. The first-order chi connectivity index (χ1) is 9.77. The van der Waals surface area contributed by atoms with Crippen molar-refractivity contribution >= 4 is 17.7 Å². The van der Waals surface area contributed by atoms with Crippen molar-refractivity contribution in [3.8, 4) is 11.5 Å². The van der Waals surface area contributed by atoms with Crippen LogP contribution in [0.3, 0.4) is 0 Å². The molecule has 0 aromatic heterocycles. The van der Waals surface area contributed by atoms with Gasteiger partial charge in [-0.3, -0.25) is 4.79 Å². The van der Waals surface area contributed by atoms with Gasteiger partial charge in [0.15, 0.2) is 0 Å². The van der Waals surface area contributed by atoms with Crippen molar-refractivity contribution in [2.45, 2.75) is 25.8 Å². The average Bonchev–Trinajstić information content (AvgIpc) is 2.36. The Kier molecular flexibility index (Phi) is 5.40. The van der Waals surface area contributed by atoms with E-state index in [9.17, 15) is 9.59 Å². The minimum atomic E-state index is -0.984. The first kappa shape index (κ1) is 16.6. The van der Waals surface area contributed by atoms with Crippen molar-refractivity contribution in [3.63, 3.8) is 0 Å². The number of nitrogens with one attached hydrogen (secondary N) is 2. The van der Waals surface area contributed by atoms with Crippen LogP contribution in [0.15, 0.2) is 18.2 Å². The second-order valence-corrected chi connectivity index (χ2v) is 5.10. The molecule has 0 aliphatic carbocycles. The first-order valence-electron chi connectivity index (χ1n) is 6.30. The average molecular weight is 296 g/mol. The van der Waals surface area contributed by atoms with Crippen LogP contribution >= 0.6 is 0 Å². The zero-order chi connectivity index (χ0) is 16.0. The number of amides is 2. The summed E-state index contributed by atoms with van der Waals surface area (Å²) in [4.78, 5) is 22.7. The Bertz CT molecular complexity index is 528. The van der Waals surface area contributed by atoms with E-state index in [0.717, 1.165) is 0 Å². The fraction of sp³-hybridized carbons (Fsp3) is 0.429. The van der Waals surface area contributed by atoms with Crippen LogP contribution in [0.1, 0.15) is 20.3 Å². The highest BCUT2D eigenvalue weighted by atomic mass is 16.5. The Morgan fingerprint density at radius 1 is 1.24 bits per heavy atom. The number of anilines is 1. The standard InChI is InChI=1S/C14H20N2O5/c1-14(2,8-12(17)18)16-13(19)15-10-6-5-9(20-3)7-11(10)21-4/h5-7H,8H2,1-4H3,(H,17,18)(H2,15,16,19). The van der Waals surface area contributed by atoms with Gasteiger partial charge in [0.25, 0.3) is 0 Å². The lowest BCUT2D eigenvalue weighted by atomic mass is 10.0. The fourth-order valence-corrected chi connectivity index (χ4v) is 1.78. The lowest BCUT2D eigenvalue weighted by Crippen LogP contribution is -2.46. The number of carbonyl (C=O) groups excluding carboxylic acids is 1. The normalized spacial score (nSPS) is 10.7. The van der Waals surface area contributed by atoms with Gasteiger partial charge in [-0.1, -0.05) is 0 Å². The van der Waals surface area contributed by atoms with E-state index >= 15 is 0 Å². The molecule has 3 N–H and O–H groups in total. The van der Waals surface area contributed by atoms with Gasteiger partial charge in [-0.05, 0) is 26.0 Å². The summed E-state index contributed by atoms with van der Waals surface area (Å²) in [5.41, 5.74) is -0.405. The number of carbonyl (C=O) groups is 2. The lowest BCUT2D eigenvalue weighted by molar-refractivity contribution is -0.138. The molecular weight excluding hydrogens is 276 g/mol. The number of benzene rings is 1. The maximum atomic E-state index is 11.9. The molecule has 0 bridgehead atoms. The van der Waals surface area contributed by atoms with Crippen LogP contribution in [0.25, 0.3) is 0 Å². The Morgan fingerprint density at radius 3 is 2.43 bits per heavy atom. The number of urea groups is 1. The third kappa shape index (κ3) is 5.21. The van der Waals surface area contributed by atoms with Gasteiger partial charge in [0.1, 0.15) is 11.5 Å². The van der Waals surface area contributed by atoms with Gasteiger partial charge in [0.2, 0.25) is 0 Å². The lowest BCUT2D eigenvalue weighted by Gasteiger charge is -2.24. The predicted molar refractivity (Wildman–Crippen MR) is 78.0 cm³/mol. The number of hydrogen-bond acceptors (Lipinski definition) is 4. The van der Waals surface area contributed by atoms with Gasteiger partial charge in [0.05, 0.1) is 26.3 Å². The Labute approximate surface area is 123 Å². The molecule has 1 aromatic carbocycles. The quantitative estimate of drug-likeness (QED) is 0.746. The summed E-state index contributed by atoms with van der Waals surface area (Å²) in [6.45, 7) is 3.26. The SMILES string of the molecule is COc1ccc(NC(=O)NC(C)(C)CC(=O)O)c(OC)c1. The molecule has 7 nitrogen and oxygen atoms in total. The number of carboxylic acid groups (broad SMARTS) is 1. The van der Waals surface area contributed by atoms with Gasteiger partial charge in [-0.25, -0.2) is 4.79 Å². The molecule has 116 valence electrons. The molecule has 0 aliphatic heterocycles. The molecule has 0 radical (unpaired) electrons. The van der Waals surface area contributed by atoms with E-state index in [1.807, 2.05) is 0 Å². The molecule has 0 saturated heterocycles. The molecule has 21 heavy (non-hydrogen) atoms. The second-order valence-electron chi connectivity index (χ2n) is 5.10. The number of ether oxygens (including phenoxy) is 2. The number of rotatable bonds is 6. The zero-order valence-electron chi connectivity index (χ0n) is 12.5. The molecule has 0 unspecified atom stereocenters. The van der Waals surface area contributed by atoms with Crippen molar-refractivity contribution in [2.24, 2.45) is 0 Å². The van der Waals surface area contributed by atoms with Crippen LogP contribution < -0.4 is 20.1 Å². The molecule has 0 spiro atoms. The maximum absolute atomic E-state index is 11.9. The van der Waals surface area contributed by atoms with Crippen LogP contribution in [0.2, 0.25) is 0 Å². The van der Waals surface area contributed by atoms with Crippen molar-refractivity contribution in [1.82, 2.24) is 5.32 Å². The second kappa shape index (κ2) is 6.83. The van der Waals surface area contributed by atoms with Gasteiger partial charge in [-0.2, -0.15) is 0 Å². The monoisotopic (exact) mass is 296 g/mol. The molecule has 0 aliphatic rings. The molecule has 1 rings (SSSR count). The first-order valence-corrected chi connectivity index (χ1v) is 6.30. The van der Waals surface area contributed by atoms with Crippen LogP contribution in [0.5, 0.6) is 11.5 Å². The van der Waals surface area contributed by atoms with Crippen LogP contribution in [0, 0.1) is 0 Å². The Morgan fingerprint density at radius 2 is 1.90 bits per heavy atom. The molecule has 0 heterocycles. The predicted octanol–water partition coefficient (Wildman–Crippen LogP) is 2.08. The van der Waals surface area contributed by atoms with Crippen LogP contribution in [-0.4, -0.2) is 36.9 Å². The van der Waals surface area contributed by atoms with E-state index in [0.29, 0.717) is 17.2 Å². The van der Waals surface area contributed by atoms with E-state index in [1.54, 1.807) is 32.0 Å². The van der Waals surface area contributed by atoms with Gasteiger partial charge in [0, 0.05) is 11.6 Å². The minimum absolute atomic E-state index is 0.180. The molecular formula is C14H20N2O5. The molecule has 7 heteroatoms. The van der Waals surface area contributed by atoms with Gasteiger partial charge >= 0.3 is 12.0 Å².